The van der Waals surface area contributed by atoms with E-state index in [1.807, 2.05) is 6.07 Å². The average Bonchev–Trinajstić information content (AvgIpc) is 3.17. The van der Waals surface area contributed by atoms with Crippen LogP contribution in [0.5, 0.6) is 0 Å². The van der Waals surface area contributed by atoms with Gasteiger partial charge in [-0.05, 0) is 37.0 Å². The second-order valence-corrected chi connectivity index (χ2v) is 6.37. The number of halogens is 2. The summed E-state index contributed by atoms with van der Waals surface area (Å²) < 4.78 is 13.6. The van der Waals surface area contributed by atoms with Gasteiger partial charge in [0.05, 0.1) is 11.3 Å². The molecule has 3 rings (SSSR count). The Bertz CT molecular complexity index is 601. The second-order valence-electron chi connectivity index (χ2n) is 6.37. The van der Waals surface area contributed by atoms with Gasteiger partial charge in [0.1, 0.15) is 5.82 Å². The maximum Gasteiger partial charge on any atom is 0.308 e. The molecule has 1 heterocycles. The number of benzene rings is 1. The van der Waals surface area contributed by atoms with Crippen molar-refractivity contribution in [3.63, 3.8) is 0 Å². The highest BCUT2D eigenvalue weighted by Gasteiger charge is 2.46. The van der Waals surface area contributed by atoms with Gasteiger partial charge >= 0.3 is 5.97 Å². The van der Waals surface area contributed by atoms with Gasteiger partial charge in [0, 0.05) is 13.1 Å². The molecule has 2 aliphatic rings. The molecular weight excluding hydrogens is 321 g/mol. The summed E-state index contributed by atoms with van der Waals surface area (Å²) in [5.74, 6) is -1.68. The van der Waals surface area contributed by atoms with E-state index in [-0.39, 0.29) is 30.7 Å². The van der Waals surface area contributed by atoms with Crippen LogP contribution in [0.1, 0.15) is 37.7 Å². The Kier molecular flexibility index (Phi) is 5.30. The number of aliphatic carboxylic acids is 1. The smallest absolute Gasteiger partial charge is 0.308 e. The lowest BCUT2D eigenvalue weighted by Crippen LogP contribution is -2.44. The van der Waals surface area contributed by atoms with Crippen molar-refractivity contribution in [1.29, 1.82) is 0 Å². The minimum absolute atomic E-state index is 0. The Morgan fingerprint density at radius 2 is 1.96 bits per heavy atom. The molecule has 1 aliphatic carbocycles. The third-order valence-electron chi connectivity index (χ3n) is 5.07. The summed E-state index contributed by atoms with van der Waals surface area (Å²) >= 11 is 0. The van der Waals surface area contributed by atoms with Crippen LogP contribution in [0, 0.1) is 11.7 Å². The molecule has 1 unspecified atom stereocenters. The molecule has 6 heteroatoms. The summed E-state index contributed by atoms with van der Waals surface area (Å²) in [5.41, 5.74) is 0.0592. The van der Waals surface area contributed by atoms with E-state index in [1.165, 1.54) is 12.1 Å². The molecule has 0 radical (unpaired) electrons. The Hall–Kier alpha value is -1.62. The van der Waals surface area contributed by atoms with Gasteiger partial charge in [0.25, 0.3) is 0 Å². The van der Waals surface area contributed by atoms with Crippen molar-refractivity contribution in [2.75, 3.05) is 13.1 Å². The van der Waals surface area contributed by atoms with Gasteiger partial charge in [0.2, 0.25) is 5.91 Å². The zero-order chi connectivity index (χ0) is 15.7. The maximum atomic E-state index is 13.6. The normalized spacial score (nSPS) is 22.7. The lowest BCUT2D eigenvalue weighted by molar-refractivity contribution is -0.142. The predicted molar refractivity (Wildman–Crippen MR) is 86.1 cm³/mol. The molecule has 1 aromatic rings. The van der Waals surface area contributed by atoms with Gasteiger partial charge in [-0.1, -0.05) is 25.0 Å². The Labute approximate surface area is 141 Å². The number of carbonyl (C=O) groups is 2. The van der Waals surface area contributed by atoms with Crippen molar-refractivity contribution < 1.29 is 19.1 Å². The summed E-state index contributed by atoms with van der Waals surface area (Å²) in [5, 5.41) is 9.11. The number of nitrogens with zero attached hydrogens (tertiary/aromatic N) is 1. The van der Waals surface area contributed by atoms with E-state index in [2.05, 4.69) is 0 Å². The van der Waals surface area contributed by atoms with Crippen molar-refractivity contribution in [3.05, 3.63) is 35.6 Å². The first kappa shape index (κ1) is 17.7. The molecule has 1 saturated carbocycles. The molecule has 1 aromatic carbocycles. The predicted octanol–water partition coefficient (Wildman–Crippen LogP) is 2.99. The number of rotatable bonds is 3. The first-order chi connectivity index (χ1) is 10.5. The standard InChI is InChI=1S/C17H20FNO3.ClH/c18-14-5-3-4-13(10-14)17(7-1-2-8-17)16(22)19-9-6-12(11-19)15(20)21;/h3-5,10,12H,1-2,6-9,11H2,(H,20,21);1H. The van der Waals surface area contributed by atoms with Gasteiger partial charge in [-0.3, -0.25) is 9.59 Å². The number of hydrogen-bond donors (Lipinski definition) is 1. The van der Waals surface area contributed by atoms with Crippen molar-refractivity contribution >= 4 is 24.3 Å². The molecule has 4 nitrogen and oxygen atoms in total. The van der Waals surface area contributed by atoms with Crippen LogP contribution in [0.2, 0.25) is 0 Å². The van der Waals surface area contributed by atoms with E-state index in [4.69, 9.17) is 5.11 Å². The molecule has 1 N–H and O–H groups in total. The molecule has 0 aromatic heterocycles. The van der Waals surface area contributed by atoms with Crippen molar-refractivity contribution in [2.24, 2.45) is 5.92 Å². The summed E-state index contributed by atoms with van der Waals surface area (Å²) in [6.07, 6.45) is 3.81. The first-order valence-electron chi connectivity index (χ1n) is 7.81. The van der Waals surface area contributed by atoms with E-state index < -0.39 is 17.3 Å². The van der Waals surface area contributed by atoms with Gasteiger partial charge in [0.15, 0.2) is 0 Å². The molecule has 1 atom stereocenters. The molecule has 0 bridgehead atoms. The fraction of sp³-hybridized carbons (Fsp3) is 0.529. The highest BCUT2D eigenvalue weighted by Crippen LogP contribution is 2.43. The fourth-order valence-electron chi connectivity index (χ4n) is 3.84. The Morgan fingerprint density at radius 1 is 1.26 bits per heavy atom. The molecule has 2 fully saturated rings. The van der Waals surface area contributed by atoms with Gasteiger partial charge in [-0.2, -0.15) is 0 Å². The van der Waals surface area contributed by atoms with Gasteiger partial charge < -0.3 is 10.0 Å². The highest BCUT2D eigenvalue weighted by molar-refractivity contribution is 5.89. The molecule has 126 valence electrons. The number of carboxylic acids is 1. The summed E-state index contributed by atoms with van der Waals surface area (Å²) in [6, 6.07) is 6.29. The van der Waals surface area contributed by atoms with Crippen molar-refractivity contribution in [3.8, 4) is 0 Å². The van der Waals surface area contributed by atoms with E-state index in [9.17, 15) is 14.0 Å². The fourth-order valence-corrected chi connectivity index (χ4v) is 3.84. The zero-order valence-electron chi connectivity index (χ0n) is 12.8. The van der Waals surface area contributed by atoms with Crippen molar-refractivity contribution in [2.45, 2.75) is 37.5 Å². The minimum atomic E-state index is -0.846. The summed E-state index contributed by atoms with van der Waals surface area (Å²) in [4.78, 5) is 25.8. The maximum absolute atomic E-state index is 13.6. The van der Waals surface area contributed by atoms with Crippen LogP contribution in [-0.4, -0.2) is 35.0 Å². The van der Waals surface area contributed by atoms with Crippen molar-refractivity contribution in [1.82, 2.24) is 4.90 Å². The third kappa shape index (κ3) is 3.20. The monoisotopic (exact) mass is 341 g/mol. The van der Waals surface area contributed by atoms with E-state index in [1.54, 1.807) is 11.0 Å². The van der Waals surface area contributed by atoms with E-state index in [0.717, 1.165) is 18.4 Å². The van der Waals surface area contributed by atoms with E-state index in [0.29, 0.717) is 25.8 Å². The average molecular weight is 342 g/mol. The van der Waals surface area contributed by atoms with Crippen LogP contribution < -0.4 is 0 Å². The van der Waals surface area contributed by atoms with Gasteiger partial charge in [-0.15, -0.1) is 12.4 Å². The third-order valence-corrected chi connectivity index (χ3v) is 5.07. The lowest BCUT2D eigenvalue weighted by Gasteiger charge is -2.33. The lowest BCUT2D eigenvalue weighted by atomic mass is 9.77. The number of hydrogen-bond acceptors (Lipinski definition) is 2. The summed E-state index contributed by atoms with van der Waals surface area (Å²) in [6.45, 7) is 0.748. The number of likely N-dealkylation sites (tertiary alicyclic amines) is 1. The number of carboxylic acid groups (broad SMARTS) is 1. The van der Waals surface area contributed by atoms with Crippen LogP contribution >= 0.6 is 12.4 Å². The molecule has 1 amide bonds. The van der Waals surface area contributed by atoms with Crippen LogP contribution in [0.15, 0.2) is 24.3 Å². The van der Waals surface area contributed by atoms with Crippen LogP contribution in [-0.2, 0) is 15.0 Å². The molecule has 1 saturated heterocycles. The largest absolute Gasteiger partial charge is 0.481 e. The minimum Gasteiger partial charge on any atom is -0.481 e. The quantitative estimate of drug-likeness (QED) is 0.919. The van der Waals surface area contributed by atoms with Crippen LogP contribution in [0.4, 0.5) is 4.39 Å². The van der Waals surface area contributed by atoms with Gasteiger partial charge in [-0.25, -0.2) is 4.39 Å². The molecular formula is C17H21ClFNO3. The topological polar surface area (TPSA) is 57.6 Å². The molecule has 0 spiro atoms. The second kappa shape index (κ2) is 6.87. The van der Waals surface area contributed by atoms with Crippen LogP contribution in [0.25, 0.3) is 0 Å². The number of carbonyl (C=O) groups excluding carboxylic acids is 1. The summed E-state index contributed by atoms with van der Waals surface area (Å²) in [7, 11) is 0. The molecule has 23 heavy (non-hydrogen) atoms. The molecule has 1 aliphatic heterocycles. The zero-order valence-corrected chi connectivity index (χ0v) is 13.7. The van der Waals surface area contributed by atoms with Crippen LogP contribution in [0.3, 0.4) is 0 Å². The first-order valence-corrected chi connectivity index (χ1v) is 7.81. The van der Waals surface area contributed by atoms with E-state index >= 15 is 0 Å². The number of amides is 1. The Balaban J connectivity index is 0.00000192. The SMILES string of the molecule is Cl.O=C(O)C1CCN(C(=O)C2(c3cccc(F)c3)CCCC2)C1. The highest BCUT2D eigenvalue weighted by atomic mass is 35.5. The Morgan fingerprint density at radius 3 is 2.52 bits per heavy atom.